The molecule has 1 aliphatic rings. The van der Waals surface area contributed by atoms with E-state index in [9.17, 15) is 4.79 Å². The lowest BCUT2D eigenvalue weighted by molar-refractivity contribution is 0.0696. The summed E-state index contributed by atoms with van der Waals surface area (Å²) in [6, 6.07) is 13.3. The highest BCUT2D eigenvalue weighted by Crippen LogP contribution is 2.39. The molecule has 0 unspecified atom stereocenters. The fourth-order valence-electron chi connectivity index (χ4n) is 2.57. The van der Waals surface area contributed by atoms with Crippen LogP contribution in [0.25, 0.3) is 0 Å². The van der Waals surface area contributed by atoms with Crippen molar-refractivity contribution in [1.82, 2.24) is 0 Å². The number of anilines is 1. The number of aromatic carboxylic acids is 1. The SMILES string of the molecule is COCCOc1cccc(CN2CSc3cc(C(=O)O)ccc32)c1. The highest BCUT2D eigenvalue weighted by molar-refractivity contribution is 7.99. The van der Waals surface area contributed by atoms with E-state index in [1.807, 2.05) is 24.3 Å². The smallest absolute Gasteiger partial charge is 0.335 e. The minimum Gasteiger partial charge on any atom is -0.491 e. The molecule has 0 aromatic heterocycles. The molecule has 0 bridgehead atoms. The summed E-state index contributed by atoms with van der Waals surface area (Å²) in [6.07, 6.45) is 0. The number of carboxylic acids is 1. The molecule has 1 aliphatic heterocycles. The fourth-order valence-corrected chi connectivity index (χ4v) is 3.65. The van der Waals surface area contributed by atoms with Gasteiger partial charge in [0.25, 0.3) is 0 Å². The van der Waals surface area contributed by atoms with Crippen LogP contribution in [0.1, 0.15) is 15.9 Å². The number of hydrogen-bond donors (Lipinski definition) is 1. The van der Waals surface area contributed by atoms with Gasteiger partial charge in [-0.05, 0) is 35.9 Å². The molecular weight excluding hydrogens is 326 g/mol. The van der Waals surface area contributed by atoms with Gasteiger partial charge in [0.1, 0.15) is 12.4 Å². The van der Waals surface area contributed by atoms with E-state index in [0.29, 0.717) is 18.8 Å². The molecule has 0 spiro atoms. The number of ether oxygens (including phenoxy) is 2. The van der Waals surface area contributed by atoms with Gasteiger partial charge in [0.15, 0.2) is 0 Å². The van der Waals surface area contributed by atoms with Crippen molar-refractivity contribution in [1.29, 1.82) is 0 Å². The minimum atomic E-state index is -0.891. The van der Waals surface area contributed by atoms with Gasteiger partial charge in [0.05, 0.1) is 23.7 Å². The molecule has 24 heavy (non-hydrogen) atoms. The molecule has 1 N–H and O–H groups in total. The van der Waals surface area contributed by atoms with Crippen LogP contribution in [-0.4, -0.2) is 37.3 Å². The Kier molecular flexibility index (Phi) is 5.27. The van der Waals surface area contributed by atoms with E-state index in [4.69, 9.17) is 14.6 Å². The molecule has 0 aliphatic carbocycles. The largest absolute Gasteiger partial charge is 0.491 e. The van der Waals surface area contributed by atoms with Gasteiger partial charge >= 0.3 is 5.97 Å². The molecule has 0 radical (unpaired) electrons. The predicted octanol–water partition coefficient (Wildman–Crippen LogP) is 3.48. The van der Waals surface area contributed by atoms with Crippen LogP contribution in [0.4, 0.5) is 5.69 Å². The molecule has 0 atom stereocenters. The lowest BCUT2D eigenvalue weighted by Gasteiger charge is -2.19. The maximum absolute atomic E-state index is 11.1. The summed E-state index contributed by atoms with van der Waals surface area (Å²) in [4.78, 5) is 14.3. The molecule has 0 fully saturated rings. The van der Waals surface area contributed by atoms with Gasteiger partial charge in [-0.2, -0.15) is 0 Å². The zero-order chi connectivity index (χ0) is 16.9. The number of fused-ring (bicyclic) bond motifs is 1. The Labute approximate surface area is 145 Å². The normalized spacial score (nSPS) is 13.0. The third kappa shape index (κ3) is 3.83. The van der Waals surface area contributed by atoms with Crippen LogP contribution < -0.4 is 9.64 Å². The summed E-state index contributed by atoms with van der Waals surface area (Å²) in [5.74, 6) is 0.753. The first kappa shape index (κ1) is 16.7. The minimum absolute atomic E-state index is 0.330. The molecule has 2 aromatic rings. The van der Waals surface area contributed by atoms with Gasteiger partial charge in [0.2, 0.25) is 0 Å². The zero-order valence-corrected chi connectivity index (χ0v) is 14.2. The van der Waals surface area contributed by atoms with E-state index >= 15 is 0 Å². The Hall–Kier alpha value is -2.18. The average molecular weight is 345 g/mol. The third-order valence-corrected chi connectivity index (χ3v) is 4.83. The van der Waals surface area contributed by atoms with E-state index in [1.54, 1.807) is 31.0 Å². The predicted molar refractivity (Wildman–Crippen MR) is 94.1 cm³/mol. The van der Waals surface area contributed by atoms with Gasteiger partial charge < -0.3 is 19.5 Å². The Bertz CT molecular complexity index is 735. The highest BCUT2D eigenvalue weighted by atomic mass is 32.2. The third-order valence-electron chi connectivity index (χ3n) is 3.75. The molecule has 126 valence electrons. The molecule has 0 amide bonds. The van der Waals surface area contributed by atoms with Crippen molar-refractivity contribution in [3.8, 4) is 5.75 Å². The molecule has 5 nitrogen and oxygen atoms in total. The Morgan fingerprint density at radius 2 is 2.12 bits per heavy atom. The second-order valence-corrected chi connectivity index (χ2v) is 6.43. The summed E-state index contributed by atoms with van der Waals surface area (Å²) in [5.41, 5.74) is 2.56. The number of methoxy groups -OCH3 is 1. The molecule has 6 heteroatoms. The number of hydrogen-bond acceptors (Lipinski definition) is 5. The van der Waals surface area contributed by atoms with Gasteiger partial charge in [-0.1, -0.05) is 12.1 Å². The van der Waals surface area contributed by atoms with Crippen LogP contribution >= 0.6 is 11.8 Å². The Morgan fingerprint density at radius 1 is 1.25 bits per heavy atom. The monoisotopic (exact) mass is 345 g/mol. The molecule has 3 rings (SSSR count). The quantitative estimate of drug-likeness (QED) is 0.775. The number of thioether (sulfide) groups is 1. The van der Waals surface area contributed by atoms with E-state index in [-0.39, 0.29) is 0 Å². The van der Waals surface area contributed by atoms with E-state index in [0.717, 1.165) is 34.3 Å². The topological polar surface area (TPSA) is 59.0 Å². The van der Waals surface area contributed by atoms with E-state index < -0.39 is 5.97 Å². The van der Waals surface area contributed by atoms with Crippen molar-refractivity contribution in [3.05, 3.63) is 53.6 Å². The maximum Gasteiger partial charge on any atom is 0.335 e. The van der Waals surface area contributed by atoms with E-state index in [1.165, 1.54) is 0 Å². The van der Waals surface area contributed by atoms with Crippen molar-refractivity contribution in [2.75, 3.05) is 31.1 Å². The van der Waals surface area contributed by atoms with Crippen LogP contribution in [0.3, 0.4) is 0 Å². The molecule has 1 heterocycles. The fraction of sp³-hybridized carbons (Fsp3) is 0.278. The average Bonchev–Trinajstić information content (AvgIpc) is 2.98. The Balaban J connectivity index is 1.70. The molecule has 2 aromatic carbocycles. The Morgan fingerprint density at radius 3 is 2.92 bits per heavy atom. The zero-order valence-electron chi connectivity index (χ0n) is 13.4. The van der Waals surface area contributed by atoms with Gasteiger partial charge in [-0.15, -0.1) is 11.8 Å². The van der Waals surface area contributed by atoms with Crippen LogP contribution in [-0.2, 0) is 11.3 Å². The van der Waals surface area contributed by atoms with Gasteiger partial charge in [-0.25, -0.2) is 4.79 Å². The summed E-state index contributed by atoms with van der Waals surface area (Å²) >= 11 is 1.66. The van der Waals surface area contributed by atoms with Crippen molar-refractivity contribution >= 4 is 23.4 Å². The summed E-state index contributed by atoms with van der Waals surface area (Å²) in [6.45, 7) is 1.85. The van der Waals surface area contributed by atoms with Gasteiger partial charge in [0, 0.05) is 18.6 Å². The van der Waals surface area contributed by atoms with Crippen molar-refractivity contribution in [2.45, 2.75) is 11.4 Å². The number of benzene rings is 2. The second-order valence-electron chi connectivity index (χ2n) is 5.45. The summed E-state index contributed by atoms with van der Waals surface area (Å²) in [7, 11) is 1.65. The van der Waals surface area contributed by atoms with Crippen LogP contribution in [0.2, 0.25) is 0 Å². The van der Waals surface area contributed by atoms with Crippen LogP contribution in [0.5, 0.6) is 5.75 Å². The molecular formula is C18H19NO4S. The number of carboxylic acid groups (broad SMARTS) is 1. The lowest BCUT2D eigenvalue weighted by atomic mass is 10.1. The van der Waals surface area contributed by atoms with Crippen molar-refractivity contribution in [3.63, 3.8) is 0 Å². The number of carbonyl (C=O) groups is 1. The van der Waals surface area contributed by atoms with E-state index in [2.05, 4.69) is 11.0 Å². The molecule has 0 saturated carbocycles. The number of rotatable bonds is 7. The van der Waals surface area contributed by atoms with Crippen LogP contribution in [0.15, 0.2) is 47.4 Å². The summed E-state index contributed by atoms with van der Waals surface area (Å²) < 4.78 is 10.6. The van der Waals surface area contributed by atoms with Crippen molar-refractivity contribution < 1.29 is 19.4 Å². The van der Waals surface area contributed by atoms with Gasteiger partial charge in [-0.3, -0.25) is 0 Å². The second kappa shape index (κ2) is 7.59. The first-order valence-electron chi connectivity index (χ1n) is 7.63. The lowest BCUT2D eigenvalue weighted by Crippen LogP contribution is -2.18. The van der Waals surface area contributed by atoms with Crippen molar-refractivity contribution in [2.24, 2.45) is 0 Å². The number of nitrogens with zero attached hydrogens (tertiary/aromatic N) is 1. The first-order chi connectivity index (χ1) is 11.7. The summed E-state index contributed by atoms with van der Waals surface area (Å²) in [5, 5.41) is 9.09. The highest BCUT2D eigenvalue weighted by Gasteiger charge is 2.21. The first-order valence-corrected chi connectivity index (χ1v) is 8.61. The standard InChI is InChI=1S/C18H19NO4S/c1-22-7-8-23-15-4-2-3-13(9-15)11-19-12-24-17-10-14(18(20)21)5-6-16(17)19/h2-6,9-10H,7-8,11-12H2,1H3,(H,20,21). The maximum atomic E-state index is 11.1. The molecule has 0 saturated heterocycles. The van der Waals surface area contributed by atoms with Crippen LogP contribution in [0, 0.1) is 0 Å².